The number of hydrogen-bond acceptors (Lipinski definition) is 1. The minimum absolute atomic E-state index is 0.234. The van der Waals surface area contributed by atoms with Crippen LogP contribution in [0, 0.1) is 0 Å². The lowest BCUT2D eigenvalue weighted by molar-refractivity contribution is -0.304. The van der Waals surface area contributed by atoms with Crippen LogP contribution in [0.3, 0.4) is 0 Å². The summed E-state index contributed by atoms with van der Waals surface area (Å²) in [4.78, 5) is 0. The number of rotatable bonds is 3. The standard InChI is InChI=1S/C8H8F4O.C2H6/c1-5(2)4-7(6(3)9)13-8(10,11)12;1-2/h4H,1,3H2,2H3;1-2H3/b7-4+;. The molecule has 0 unspecified atom stereocenters. The van der Waals surface area contributed by atoms with E-state index in [1.54, 1.807) is 0 Å². The largest absolute Gasteiger partial charge is 0.573 e. The first kappa shape index (κ1) is 16.2. The first-order valence-corrected chi connectivity index (χ1v) is 4.20. The molecule has 0 rings (SSSR count). The van der Waals surface area contributed by atoms with Crippen molar-refractivity contribution in [2.24, 2.45) is 0 Å². The second kappa shape index (κ2) is 7.09. The minimum Gasteiger partial charge on any atom is -0.403 e. The van der Waals surface area contributed by atoms with Gasteiger partial charge in [0.05, 0.1) is 0 Å². The lowest BCUT2D eigenvalue weighted by Crippen LogP contribution is -2.13. The molecule has 0 bridgehead atoms. The average molecular weight is 226 g/mol. The van der Waals surface area contributed by atoms with E-state index in [-0.39, 0.29) is 5.57 Å². The predicted octanol–water partition coefficient (Wildman–Crippen LogP) is 4.49. The topological polar surface area (TPSA) is 9.23 Å². The van der Waals surface area contributed by atoms with Gasteiger partial charge in [0, 0.05) is 0 Å². The zero-order chi connectivity index (χ0) is 12.6. The van der Waals surface area contributed by atoms with E-state index in [1.165, 1.54) is 6.92 Å². The van der Waals surface area contributed by atoms with Gasteiger partial charge in [-0.2, -0.15) is 0 Å². The lowest BCUT2D eigenvalue weighted by atomic mass is 10.3. The highest BCUT2D eigenvalue weighted by molar-refractivity contribution is 5.25. The van der Waals surface area contributed by atoms with E-state index in [9.17, 15) is 17.6 Å². The molecule has 0 atom stereocenters. The molecule has 1 nitrogen and oxygen atoms in total. The molecule has 0 amide bonds. The Labute approximate surface area is 86.7 Å². The molecule has 15 heavy (non-hydrogen) atoms. The minimum atomic E-state index is -4.92. The van der Waals surface area contributed by atoms with Gasteiger partial charge in [-0.15, -0.1) is 13.2 Å². The molecule has 0 saturated heterocycles. The molecule has 0 spiro atoms. The van der Waals surface area contributed by atoms with E-state index < -0.39 is 17.9 Å². The summed E-state index contributed by atoms with van der Waals surface area (Å²) in [5, 5.41) is 0. The number of halogens is 4. The van der Waals surface area contributed by atoms with Gasteiger partial charge in [-0.1, -0.05) is 32.6 Å². The van der Waals surface area contributed by atoms with E-state index in [0.717, 1.165) is 6.08 Å². The summed E-state index contributed by atoms with van der Waals surface area (Å²) in [6, 6.07) is 0. The third-order valence-electron chi connectivity index (χ3n) is 0.871. The molecule has 0 aromatic rings. The molecule has 0 aliphatic rings. The van der Waals surface area contributed by atoms with Crippen LogP contribution >= 0.6 is 0 Å². The van der Waals surface area contributed by atoms with E-state index >= 15 is 0 Å². The molecule has 0 fully saturated rings. The van der Waals surface area contributed by atoms with Gasteiger partial charge in [0.15, 0.2) is 11.6 Å². The van der Waals surface area contributed by atoms with Gasteiger partial charge in [0.1, 0.15) is 0 Å². The van der Waals surface area contributed by atoms with Crippen molar-refractivity contribution in [1.82, 2.24) is 0 Å². The fourth-order valence-corrected chi connectivity index (χ4v) is 0.512. The van der Waals surface area contributed by atoms with Crippen molar-refractivity contribution in [2.75, 3.05) is 0 Å². The highest BCUT2D eigenvalue weighted by atomic mass is 19.4. The third-order valence-corrected chi connectivity index (χ3v) is 0.871. The van der Waals surface area contributed by atoms with Gasteiger partial charge in [-0.3, -0.25) is 0 Å². The zero-order valence-electron chi connectivity index (χ0n) is 8.91. The van der Waals surface area contributed by atoms with E-state index in [0.29, 0.717) is 0 Å². The second-order valence-electron chi connectivity index (χ2n) is 2.31. The van der Waals surface area contributed by atoms with E-state index in [2.05, 4.69) is 17.9 Å². The van der Waals surface area contributed by atoms with Crippen molar-refractivity contribution in [3.63, 3.8) is 0 Å². The Hall–Kier alpha value is -1.26. The summed E-state index contributed by atoms with van der Waals surface area (Å²) in [7, 11) is 0. The van der Waals surface area contributed by atoms with Crippen molar-refractivity contribution in [3.05, 3.63) is 36.4 Å². The van der Waals surface area contributed by atoms with Crippen molar-refractivity contribution in [1.29, 1.82) is 0 Å². The van der Waals surface area contributed by atoms with Crippen LogP contribution in [0.25, 0.3) is 0 Å². The Morgan fingerprint density at radius 3 is 1.80 bits per heavy atom. The molecule has 0 aromatic heterocycles. The van der Waals surface area contributed by atoms with Crippen LogP contribution in [0.5, 0.6) is 0 Å². The van der Waals surface area contributed by atoms with Crippen LogP contribution in [0.2, 0.25) is 0 Å². The van der Waals surface area contributed by atoms with Crippen molar-refractivity contribution in [3.8, 4) is 0 Å². The van der Waals surface area contributed by atoms with Gasteiger partial charge in [0.25, 0.3) is 0 Å². The SMILES string of the molecule is C=C(C)/C=C(/OC(F)(F)F)C(=C)F.CC. The number of ether oxygens (including phenoxy) is 1. The lowest BCUT2D eigenvalue weighted by Gasteiger charge is -2.10. The molecule has 0 saturated carbocycles. The molecule has 0 aromatic carbocycles. The average Bonchev–Trinajstić information content (AvgIpc) is 2.03. The fourth-order valence-electron chi connectivity index (χ4n) is 0.512. The quantitative estimate of drug-likeness (QED) is 0.391. The maximum atomic E-state index is 12.3. The first-order valence-electron chi connectivity index (χ1n) is 4.20. The molecule has 0 radical (unpaired) electrons. The Bertz CT molecular complexity index is 251. The normalized spacial score (nSPS) is 11.3. The van der Waals surface area contributed by atoms with Gasteiger partial charge in [-0.25, -0.2) is 4.39 Å². The Morgan fingerprint density at radius 1 is 1.20 bits per heavy atom. The van der Waals surface area contributed by atoms with Gasteiger partial charge in [0.2, 0.25) is 0 Å². The summed E-state index contributed by atoms with van der Waals surface area (Å²) in [5.41, 5.74) is 0.234. The van der Waals surface area contributed by atoms with Gasteiger partial charge in [-0.05, 0) is 13.0 Å². The van der Waals surface area contributed by atoms with Crippen molar-refractivity contribution >= 4 is 0 Å². The predicted molar refractivity (Wildman–Crippen MR) is 51.6 cm³/mol. The van der Waals surface area contributed by atoms with Crippen LogP contribution in [-0.2, 0) is 4.74 Å². The van der Waals surface area contributed by atoms with Crippen LogP contribution in [0.15, 0.2) is 36.4 Å². The summed E-state index contributed by atoms with van der Waals surface area (Å²) in [6.45, 7) is 11.4. The first-order chi connectivity index (χ1) is 6.72. The number of alkyl halides is 3. The van der Waals surface area contributed by atoms with Crippen LogP contribution in [0.1, 0.15) is 20.8 Å². The Balaban J connectivity index is 0. The number of allylic oxidation sites excluding steroid dienone is 3. The molecule has 0 N–H and O–H groups in total. The zero-order valence-corrected chi connectivity index (χ0v) is 8.91. The summed E-state index contributed by atoms with van der Waals surface area (Å²) in [6.07, 6.45) is -4.11. The summed E-state index contributed by atoms with van der Waals surface area (Å²) < 4.78 is 50.5. The van der Waals surface area contributed by atoms with Crippen molar-refractivity contribution in [2.45, 2.75) is 27.1 Å². The van der Waals surface area contributed by atoms with Gasteiger partial charge >= 0.3 is 6.36 Å². The van der Waals surface area contributed by atoms with E-state index in [1.807, 2.05) is 13.8 Å². The Morgan fingerprint density at radius 2 is 1.60 bits per heavy atom. The molecule has 0 aliphatic carbocycles. The van der Waals surface area contributed by atoms with Crippen molar-refractivity contribution < 1.29 is 22.3 Å². The number of hydrogen-bond donors (Lipinski definition) is 0. The molecular formula is C10H14F4O. The summed E-state index contributed by atoms with van der Waals surface area (Å²) >= 11 is 0. The maximum Gasteiger partial charge on any atom is 0.573 e. The van der Waals surface area contributed by atoms with Crippen LogP contribution in [0.4, 0.5) is 17.6 Å². The molecule has 0 aliphatic heterocycles. The molecular weight excluding hydrogens is 212 g/mol. The fraction of sp³-hybridized carbons (Fsp3) is 0.400. The maximum absolute atomic E-state index is 12.3. The Kier molecular flexibility index (Phi) is 7.65. The van der Waals surface area contributed by atoms with Gasteiger partial charge < -0.3 is 4.74 Å². The highest BCUT2D eigenvalue weighted by Gasteiger charge is 2.32. The molecule has 0 heterocycles. The monoisotopic (exact) mass is 226 g/mol. The van der Waals surface area contributed by atoms with Crippen LogP contribution in [-0.4, -0.2) is 6.36 Å². The van der Waals surface area contributed by atoms with E-state index in [4.69, 9.17) is 0 Å². The summed E-state index contributed by atoms with van der Waals surface area (Å²) in [5.74, 6) is -2.26. The second-order valence-corrected chi connectivity index (χ2v) is 2.31. The smallest absolute Gasteiger partial charge is 0.403 e. The third kappa shape index (κ3) is 10.7. The molecule has 88 valence electrons. The van der Waals surface area contributed by atoms with Crippen LogP contribution < -0.4 is 0 Å². The highest BCUT2D eigenvalue weighted by Crippen LogP contribution is 2.25. The molecule has 5 heteroatoms.